The van der Waals surface area contributed by atoms with Gasteiger partial charge in [0.1, 0.15) is 4.90 Å². The Morgan fingerprint density at radius 1 is 1.43 bits per heavy atom. The maximum Gasteiger partial charge on any atom is 0.436 e. The number of hydrogen-bond acceptors (Lipinski definition) is 4. The number of nitrogens with zero attached hydrogens (tertiary/aromatic N) is 3. The van der Waals surface area contributed by atoms with E-state index in [1.165, 1.54) is 14.2 Å². The van der Waals surface area contributed by atoms with E-state index >= 15 is 0 Å². The topological polar surface area (TPSA) is 64.4 Å². The summed E-state index contributed by atoms with van der Waals surface area (Å²) in [5.74, 6) is 0. The van der Waals surface area contributed by atoms with E-state index in [-0.39, 0.29) is 18.5 Å². The van der Waals surface area contributed by atoms with Crippen molar-refractivity contribution in [2.45, 2.75) is 18.0 Å². The zero-order valence-corrected chi connectivity index (χ0v) is 12.6. The fraction of sp³-hybridized carbons (Fsp3) is 0.727. The molecule has 0 spiro atoms. The van der Waals surface area contributed by atoms with Gasteiger partial charge in [-0.25, -0.2) is 8.42 Å². The van der Waals surface area contributed by atoms with E-state index in [9.17, 15) is 21.6 Å². The van der Waals surface area contributed by atoms with E-state index in [0.717, 1.165) is 15.2 Å². The Balaban J connectivity index is 2.31. The summed E-state index contributed by atoms with van der Waals surface area (Å²) in [5, 5.41) is 3.22. The summed E-state index contributed by atoms with van der Waals surface area (Å²) in [5.41, 5.74) is -1.76. The summed E-state index contributed by atoms with van der Waals surface area (Å²) >= 11 is 0. The molecule has 0 saturated carbocycles. The van der Waals surface area contributed by atoms with Crippen LogP contribution in [0.5, 0.6) is 0 Å². The van der Waals surface area contributed by atoms with Crippen molar-refractivity contribution in [3.8, 4) is 0 Å². The maximum atomic E-state index is 12.9. The molecule has 0 amide bonds. The molecule has 120 valence electrons. The third-order valence-electron chi connectivity index (χ3n) is 3.29. The number of methoxy groups -OCH3 is 1. The summed E-state index contributed by atoms with van der Waals surface area (Å²) in [4.78, 5) is -0.808. The number of alkyl halides is 3. The molecule has 1 fully saturated rings. The van der Waals surface area contributed by atoms with Gasteiger partial charge in [-0.05, 0) is 0 Å². The van der Waals surface area contributed by atoms with Crippen molar-refractivity contribution in [2.24, 2.45) is 12.5 Å². The Morgan fingerprint density at radius 3 is 2.48 bits per heavy atom. The molecule has 1 aliphatic rings. The average molecular weight is 327 g/mol. The molecule has 10 heteroatoms. The number of aromatic nitrogens is 2. The van der Waals surface area contributed by atoms with Gasteiger partial charge >= 0.3 is 6.18 Å². The molecule has 21 heavy (non-hydrogen) atoms. The number of ether oxygens (including phenoxy) is 1. The molecule has 0 radical (unpaired) electrons. The van der Waals surface area contributed by atoms with Gasteiger partial charge in [0.05, 0.1) is 6.61 Å². The van der Waals surface area contributed by atoms with Gasteiger partial charge < -0.3 is 4.74 Å². The second-order valence-electron chi connectivity index (χ2n) is 5.53. The van der Waals surface area contributed by atoms with Crippen LogP contribution in [0.3, 0.4) is 0 Å². The summed E-state index contributed by atoms with van der Waals surface area (Å²) in [7, 11) is -1.47. The third kappa shape index (κ3) is 2.92. The quantitative estimate of drug-likeness (QED) is 0.831. The third-order valence-corrected chi connectivity index (χ3v) is 5.08. The van der Waals surface area contributed by atoms with Gasteiger partial charge in [-0.1, -0.05) is 6.92 Å². The normalized spacial score (nSPS) is 19.5. The lowest BCUT2D eigenvalue weighted by atomic mass is 9.85. The van der Waals surface area contributed by atoms with E-state index in [1.807, 2.05) is 6.92 Å². The molecule has 1 saturated heterocycles. The molecule has 0 aromatic carbocycles. The Morgan fingerprint density at radius 2 is 2.00 bits per heavy atom. The lowest BCUT2D eigenvalue weighted by Crippen LogP contribution is -2.58. The van der Waals surface area contributed by atoms with Crippen LogP contribution in [0.4, 0.5) is 13.2 Å². The minimum Gasteiger partial charge on any atom is -0.384 e. The van der Waals surface area contributed by atoms with E-state index < -0.39 is 26.8 Å². The summed E-state index contributed by atoms with van der Waals surface area (Å²) in [6, 6.07) is 0. The summed E-state index contributed by atoms with van der Waals surface area (Å²) in [6.45, 7) is 2.40. The number of sulfonamides is 1. The molecule has 0 bridgehead atoms. The van der Waals surface area contributed by atoms with Crippen molar-refractivity contribution in [3.63, 3.8) is 0 Å². The first-order chi connectivity index (χ1) is 9.49. The smallest absolute Gasteiger partial charge is 0.384 e. The number of halogens is 3. The molecule has 6 nitrogen and oxygen atoms in total. The Kier molecular flexibility index (Phi) is 3.83. The Labute approximate surface area is 120 Å². The molecular formula is C11H16F3N3O3S. The van der Waals surface area contributed by atoms with E-state index in [1.54, 1.807) is 0 Å². The van der Waals surface area contributed by atoms with Gasteiger partial charge in [-0.3, -0.25) is 4.68 Å². The SMILES string of the molecule is COCC1(C)CN(S(=O)(=O)c2cn(C)nc2C(F)(F)F)C1. The van der Waals surface area contributed by atoms with Crippen LogP contribution in [0.2, 0.25) is 0 Å². The van der Waals surface area contributed by atoms with Gasteiger partial charge in [0.25, 0.3) is 0 Å². The van der Waals surface area contributed by atoms with Crippen molar-refractivity contribution in [1.29, 1.82) is 0 Å². The van der Waals surface area contributed by atoms with Crippen molar-refractivity contribution in [3.05, 3.63) is 11.9 Å². The van der Waals surface area contributed by atoms with Crippen LogP contribution in [0, 0.1) is 5.41 Å². The summed E-state index contributed by atoms with van der Waals surface area (Å²) < 4.78 is 70.1. The largest absolute Gasteiger partial charge is 0.436 e. The second kappa shape index (κ2) is 4.96. The van der Waals surface area contributed by atoms with Crippen LogP contribution in [-0.2, 0) is 28.0 Å². The van der Waals surface area contributed by atoms with Gasteiger partial charge in [0.2, 0.25) is 10.0 Å². The van der Waals surface area contributed by atoms with Gasteiger partial charge in [-0.2, -0.15) is 22.6 Å². The predicted octanol–water partition coefficient (Wildman–Crippen LogP) is 1.10. The lowest BCUT2D eigenvalue weighted by molar-refractivity contribution is -0.143. The number of aryl methyl sites for hydroxylation is 1. The van der Waals surface area contributed by atoms with Gasteiger partial charge in [0, 0.05) is 38.9 Å². The molecule has 0 unspecified atom stereocenters. The highest BCUT2D eigenvalue weighted by atomic mass is 32.2. The fourth-order valence-corrected chi connectivity index (χ4v) is 4.33. The standard InChI is InChI=1S/C11H16F3N3O3S/c1-10(7-20-3)5-17(6-10)21(18,19)8-4-16(2)15-9(8)11(12,13)14/h4H,5-7H2,1-3H3. The van der Waals surface area contributed by atoms with E-state index in [2.05, 4.69) is 5.10 Å². The highest BCUT2D eigenvalue weighted by Crippen LogP contribution is 2.38. The molecule has 1 aromatic heterocycles. The first kappa shape index (κ1) is 16.2. The monoisotopic (exact) mass is 327 g/mol. The predicted molar refractivity (Wildman–Crippen MR) is 67.0 cm³/mol. The average Bonchev–Trinajstić information content (AvgIpc) is 2.69. The first-order valence-electron chi connectivity index (χ1n) is 6.09. The maximum absolute atomic E-state index is 12.9. The molecule has 2 rings (SSSR count). The lowest BCUT2D eigenvalue weighted by Gasteiger charge is -2.46. The van der Waals surface area contributed by atoms with Crippen molar-refractivity contribution in [2.75, 3.05) is 26.8 Å². The Hall–Kier alpha value is -1.13. The zero-order valence-electron chi connectivity index (χ0n) is 11.8. The number of hydrogen-bond donors (Lipinski definition) is 0. The van der Waals surface area contributed by atoms with Gasteiger partial charge in [-0.15, -0.1) is 0 Å². The van der Waals surface area contributed by atoms with E-state index in [0.29, 0.717) is 6.61 Å². The number of rotatable bonds is 4. The molecule has 1 aliphatic heterocycles. The van der Waals surface area contributed by atoms with Crippen LogP contribution in [0.1, 0.15) is 12.6 Å². The second-order valence-corrected chi connectivity index (χ2v) is 7.44. The highest BCUT2D eigenvalue weighted by Gasteiger charge is 2.49. The first-order valence-corrected chi connectivity index (χ1v) is 7.53. The van der Waals surface area contributed by atoms with E-state index in [4.69, 9.17) is 4.74 Å². The highest BCUT2D eigenvalue weighted by molar-refractivity contribution is 7.89. The minimum absolute atomic E-state index is 0.120. The molecular weight excluding hydrogens is 311 g/mol. The van der Waals surface area contributed by atoms with Crippen LogP contribution in [0.25, 0.3) is 0 Å². The van der Waals surface area contributed by atoms with Crippen molar-refractivity contribution >= 4 is 10.0 Å². The van der Waals surface area contributed by atoms with Crippen molar-refractivity contribution < 1.29 is 26.3 Å². The van der Waals surface area contributed by atoms with Crippen LogP contribution in [0.15, 0.2) is 11.1 Å². The van der Waals surface area contributed by atoms with Crippen LogP contribution >= 0.6 is 0 Å². The zero-order chi connectivity index (χ0) is 16.1. The molecule has 0 N–H and O–H groups in total. The van der Waals surface area contributed by atoms with Crippen LogP contribution in [-0.4, -0.2) is 49.3 Å². The van der Waals surface area contributed by atoms with Crippen LogP contribution < -0.4 is 0 Å². The summed E-state index contributed by atoms with van der Waals surface area (Å²) in [6.07, 6.45) is -3.94. The molecule has 0 aliphatic carbocycles. The fourth-order valence-electron chi connectivity index (χ4n) is 2.41. The molecule has 0 atom stereocenters. The van der Waals surface area contributed by atoms with Gasteiger partial charge in [0.15, 0.2) is 5.69 Å². The minimum atomic E-state index is -4.82. The Bertz CT molecular complexity index is 633. The molecule has 2 heterocycles. The van der Waals surface area contributed by atoms with Crippen molar-refractivity contribution in [1.82, 2.24) is 14.1 Å². The molecule has 1 aromatic rings.